The van der Waals surface area contributed by atoms with Gasteiger partial charge in [0.15, 0.2) is 0 Å². The van der Waals surface area contributed by atoms with Crippen LogP contribution < -0.4 is 103 Å². The monoisotopic (exact) mass is 329 g/mol. The van der Waals surface area contributed by atoms with Crippen molar-refractivity contribution < 1.29 is 155 Å². The van der Waals surface area contributed by atoms with Gasteiger partial charge in [-0.2, -0.15) is 0 Å². The van der Waals surface area contributed by atoms with E-state index >= 15 is 0 Å². The Morgan fingerprint density at radius 1 is 0.615 bits per heavy atom. The van der Waals surface area contributed by atoms with Crippen molar-refractivity contribution in [3.05, 3.63) is 0 Å². The van der Waals surface area contributed by atoms with E-state index < -0.39 is 20.8 Å². The van der Waals surface area contributed by atoms with Crippen LogP contribution in [0.1, 0.15) is 0 Å². The molecule has 0 saturated carbocycles. The van der Waals surface area contributed by atoms with Gasteiger partial charge in [-0.3, -0.25) is 16.8 Å². The third kappa shape index (κ3) is 229. The van der Waals surface area contributed by atoms with E-state index in [9.17, 15) is 0 Å². The Bertz CT molecular complexity index is 217. The fraction of sp³-hybridized carbons (Fsp3) is 0. The van der Waals surface area contributed by atoms with Gasteiger partial charge in [0, 0.05) is 20.8 Å². The van der Waals surface area contributed by atoms with Crippen LogP contribution in [0.25, 0.3) is 0 Å². The summed E-state index contributed by atoms with van der Waals surface area (Å²) < 4.78 is 68.2. The molecule has 13 heavy (non-hydrogen) atoms. The summed E-state index contributed by atoms with van der Waals surface area (Å²) in [6.45, 7) is 0. The van der Waals surface area contributed by atoms with Crippen molar-refractivity contribution in [2.24, 2.45) is 0 Å². The molecule has 0 bridgehead atoms. The van der Waals surface area contributed by atoms with Crippen molar-refractivity contribution >= 4 is 20.8 Å². The first-order valence-electron chi connectivity index (χ1n) is 1.33. The van der Waals surface area contributed by atoms with Crippen molar-refractivity contribution in [1.29, 1.82) is 0 Å². The molecule has 13 heteroatoms. The zero-order valence-electron chi connectivity index (χ0n) is 6.42. The third-order valence-electron chi connectivity index (χ3n) is 0. The maximum absolute atomic E-state index is 8.52. The summed E-state index contributed by atoms with van der Waals surface area (Å²) in [6, 6.07) is 0. The SMILES string of the molecule is O=S(=O)([O-])[O-].O=S(=O)([O-])[O-].[Co+2].[K+].[K+]. The van der Waals surface area contributed by atoms with Gasteiger partial charge in [-0.05, 0) is 0 Å². The number of rotatable bonds is 0. The van der Waals surface area contributed by atoms with Gasteiger partial charge in [0.25, 0.3) is 0 Å². The van der Waals surface area contributed by atoms with Crippen LogP contribution in [-0.4, -0.2) is 35.0 Å². The van der Waals surface area contributed by atoms with Crippen LogP contribution in [0.3, 0.4) is 0 Å². The minimum absolute atomic E-state index is 0. The Hall–Kier alpha value is 3.52. The summed E-state index contributed by atoms with van der Waals surface area (Å²) in [5, 5.41) is 0. The molecule has 0 aliphatic rings. The molecule has 0 aromatic heterocycles. The van der Waals surface area contributed by atoms with Crippen LogP contribution in [0, 0.1) is 0 Å². The van der Waals surface area contributed by atoms with E-state index in [4.69, 9.17) is 35.0 Å². The Morgan fingerprint density at radius 2 is 0.615 bits per heavy atom. The molecule has 0 heterocycles. The van der Waals surface area contributed by atoms with E-state index in [1.54, 1.807) is 0 Å². The minimum Gasteiger partial charge on any atom is -0.759 e. The van der Waals surface area contributed by atoms with Gasteiger partial charge >= 0.3 is 120 Å². The van der Waals surface area contributed by atoms with Gasteiger partial charge in [0.1, 0.15) is 0 Å². The zero-order valence-corrected chi connectivity index (χ0v) is 15.3. The molecule has 0 aliphatic carbocycles. The first-order valence-corrected chi connectivity index (χ1v) is 4.00. The second kappa shape index (κ2) is 13.6. The molecule has 1 radical (unpaired) electrons. The largest absolute Gasteiger partial charge is 2.00 e. The van der Waals surface area contributed by atoms with Gasteiger partial charge in [-0.15, -0.1) is 0 Å². The predicted molar refractivity (Wildman–Crippen MR) is 20.9 cm³/mol. The first-order chi connectivity index (χ1) is 4.00. The van der Waals surface area contributed by atoms with Gasteiger partial charge in [0.05, 0.1) is 0 Å². The van der Waals surface area contributed by atoms with Gasteiger partial charge in [-0.1, -0.05) is 0 Å². The summed E-state index contributed by atoms with van der Waals surface area (Å²) in [7, 11) is -10.3. The van der Waals surface area contributed by atoms with E-state index in [-0.39, 0.29) is 120 Å². The molecule has 71 valence electrons. The Labute approximate surface area is 171 Å². The molecule has 0 aromatic rings. The van der Waals surface area contributed by atoms with Gasteiger partial charge in [-0.25, -0.2) is 0 Å². The predicted octanol–water partition coefficient (Wildman–Crippen LogP) is -8.67. The average molecular weight is 329 g/mol. The van der Waals surface area contributed by atoms with Crippen LogP contribution in [0.2, 0.25) is 0 Å². The molecule has 0 aliphatic heterocycles. The molecular weight excluding hydrogens is 329 g/mol. The Morgan fingerprint density at radius 3 is 0.615 bits per heavy atom. The van der Waals surface area contributed by atoms with Gasteiger partial charge < -0.3 is 18.2 Å². The molecule has 0 amide bonds. The van der Waals surface area contributed by atoms with Crippen molar-refractivity contribution in [2.45, 2.75) is 0 Å². The van der Waals surface area contributed by atoms with E-state index in [1.807, 2.05) is 0 Å². The summed E-state index contributed by atoms with van der Waals surface area (Å²) in [4.78, 5) is 0. The maximum atomic E-state index is 8.52. The fourth-order valence-electron chi connectivity index (χ4n) is 0. The number of hydrogen-bond donors (Lipinski definition) is 0. The Balaban J connectivity index is -0.0000000267. The third-order valence-corrected chi connectivity index (χ3v) is 0. The molecule has 0 spiro atoms. The van der Waals surface area contributed by atoms with Crippen LogP contribution >= 0.6 is 0 Å². The summed E-state index contributed by atoms with van der Waals surface area (Å²) in [6.07, 6.45) is 0. The molecule has 0 saturated heterocycles. The molecule has 0 unspecified atom stereocenters. The maximum Gasteiger partial charge on any atom is 2.00 e. The average Bonchev–Trinajstić information content (AvgIpc) is 1.12. The second-order valence-corrected chi connectivity index (χ2v) is 2.45. The Kier molecular flexibility index (Phi) is 31.3. The molecule has 0 aromatic carbocycles. The van der Waals surface area contributed by atoms with E-state index in [0.717, 1.165) is 0 Å². The van der Waals surface area contributed by atoms with Crippen LogP contribution in [-0.2, 0) is 37.6 Å². The van der Waals surface area contributed by atoms with Crippen molar-refractivity contribution in [1.82, 2.24) is 0 Å². The molecule has 0 rings (SSSR count). The molecule has 0 atom stereocenters. The van der Waals surface area contributed by atoms with Crippen molar-refractivity contribution in [3.63, 3.8) is 0 Å². The summed E-state index contributed by atoms with van der Waals surface area (Å²) >= 11 is 0. The van der Waals surface area contributed by atoms with E-state index in [1.165, 1.54) is 0 Å². The first kappa shape index (κ1) is 30.0. The molecule has 0 N–H and O–H groups in total. The second-order valence-electron chi connectivity index (χ2n) is 0.816. The molecular formula is CoK2O8S2. The fourth-order valence-corrected chi connectivity index (χ4v) is 0. The molecule has 8 nitrogen and oxygen atoms in total. The summed E-state index contributed by atoms with van der Waals surface area (Å²) in [5.74, 6) is 0. The minimum atomic E-state index is -5.17. The van der Waals surface area contributed by atoms with Crippen LogP contribution in [0.4, 0.5) is 0 Å². The van der Waals surface area contributed by atoms with Crippen LogP contribution in [0.5, 0.6) is 0 Å². The zero-order chi connectivity index (χ0) is 9.00. The van der Waals surface area contributed by atoms with Gasteiger partial charge in [0.2, 0.25) is 0 Å². The summed E-state index contributed by atoms with van der Waals surface area (Å²) in [5.41, 5.74) is 0. The van der Waals surface area contributed by atoms with Crippen LogP contribution in [0.15, 0.2) is 0 Å². The normalized spacial score (nSPS) is 8.92. The smallest absolute Gasteiger partial charge is 0.759 e. The number of hydrogen-bond acceptors (Lipinski definition) is 8. The molecule has 0 fully saturated rings. The van der Waals surface area contributed by atoms with E-state index in [2.05, 4.69) is 0 Å². The topological polar surface area (TPSA) is 161 Å². The van der Waals surface area contributed by atoms with Crippen molar-refractivity contribution in [2.75, 3.05) is 0 Å². The van der Waals surface area contributed by atoms with E-state index in [0.29, 0.717) is 0 Å². The quantitative estimate of drug-likeness (QED) is 0.240. The van der Waals surface area contributed by atoms with Crippen molar-refractivity contribution in [3.8, 4) is 0 Å². The standard InChI is InChI=1S/Co.2K.2H2O4S/c;;;2*1-5(2,3)4/h;;;2*(H2,1,2,3,4)/q+2;2*+1;;/p-4.